The molecule has 132 valence electrons. The molecular weight excluding hydrogens is 312 g/mol. The highest BCUT2D eigenvalue weighted by atomic mass is 16.5. The minimum absolute atomic E-state index is 0.100. The van der Waals surface area contributed by atoms with Crippen LogP contribution in [0.4, 0.5) is 4.79 Å². The summed E-state index contributed by atoms with van der Waals surface area (Å²) in [5.41, 5.74) is 1.10. The number of rotatable bonds is 8. The van der Waals surface area contributed by atoms with E-state index < -0.39 is 5.97 Å². The predicted molar refractivity (Wildman–Crippen MR) is 88.0 cm³/mol. The third-order valence-corrected chi connectivity index (χ3v) is 4.00. The Labute approximate surface area is 141 Å². The fourth-order valence-corrected chi connectivity index (χ4v) is 2.60. The molecule has 2 N–H and O–H groups in total. The second kappa shape index (κ2) is 9.24. The summed E-state index contributed by atoms with van der Waals surface area (Å²) in [7, 11) is 1.64. The van der Waals surface area contributed by atoms with Crippen LogP contribution in [-0.2, 0) is 16.0 Å². The first kappa shape index (κ1) is 18.2. The van der Waals surface area contributed by atoms with Crippen LogP contribution in [0.15, 0.2) is 24.3 Å². The van der Waals surface area contributed by atoms with E-state index in [2.05, 4.69) is 5.32 Å². The summed E-state index contributed by atoms with van der Waals surface area (Å²) in [5.74, 6) is -0.594. The molecular formula is C17H24N2O5. The summed E-state index contributed by atoms with van der Waals surface area (Å²) in [6, 6.07) is 6.39. The number of nitrogens with zero attached hydrogens (tertiary/aromatic N) is 1. The average Bonchev–Trinajstić information content (AvgIpc) is 3.06. The molecule has 24 heavy (non-hydrogen) atoms. The van der Waals surface area contributed by atoms with Crippen molar-refractivity contribution < 1.29 is 24.2 Å². The van der Waals surface area contributed by atoms with Crippen molar-refractivity contribution >= 4 is 12.0 Å². The molecule has 0 radical (unpaired) electrons. The standard InChI is InChI=1S/C17H24N2O5/c1-23-8-9-24-12-14-6-7-19(11-14)17(22)18-10-13-2-4-15(5-3-13)16(20)21/h2-5,14H,6-12H2,1H3,(H,18,22)(H,20,21). The Balaban J connectivity index is 1.70. The zero-order valence-electron chi connectivity index (χ0n) is 13.9. The normalized spacial score (nSPS) is 17.0. The van der Waals surface area contributed by atoms with Gasteiger partial charge in [0.1, 0.15) is 0 Å². The van der Waals surface area contributed by atoms with Gasteiger partial charge in [-0.15, -0.1) is 0 Å². The minimum atomic E-state index is -0.957. The quantitative estimate of drug-likeness (QED) is 0.704. The number of ether oxygens (including phenoxy) is 2. The lowest BCUT2D eigenvalue weighted by atomic mass is 10.1. The van der Waals surface area contributed by atoms with Crippen molar-refractivity contribution in [2.75, 3.05) is 40.0 Å². The van der Waals surface area contributed by atoms with Crippen LogP contribution in [0, 0.1) is 5.92 Å². The first-order valence-electron chi connectivity index (χ1n) is 8.02. The van der Waals surface area contributed by atoms with E-state index in [0.717, 1.165) is 18.5 Å². The minimum Gasteiger partial charge on any atom is -0.478 e. The zero-order valence-corrected chi connectivity index (χ0v) is 13.9. The van der Waals surface area contributed by atoms with Gasteiger partial charge in [-0.3, -0.25) is 0 Å². The lowest BCUT2D eigenvalue weighted by Gasteiger charge is -2.17. The van der Waals surface area contributed by atoms with Crippen LogP contribution in [0.2, 0.25) is 0 Å². The van der Waals surface area contributed by atoms with Crippen molar-refractivity contribution in [2.24, 2.45) is 5.92 Å². The molecule has 1 fully saturated rings. The Morgan fingerprint density at radius 1 is 1.29 bits per heavy atom. The molecule has 0 spiro atoms. The number of likely N-dealkylation sites (tertiary alicyclic amines) is 1. The third-order valence-electron chi connectivity index (χ3n) is 4.00. The van der Waals surface area contributed by atoms with E-state index in [1.54, 1.807) is 24.1 Å². The number of carboxylic acids is 1. The van der Waals surface area contributed by atoms with Gasteiger partial charge in [0.2, 0.25) is 0 Å². The highest BCUT2D eigenvalue weighted by molar-refractivity contribution is 5.87. The van der Waals surface area contributed by atoms with Gasteiger partial charge in [0.15, 0.2) is 0 Å². The van der Waals surface area contributed by atoms with Crippen molar-refractivity contribution in [1.82, 2.24) is 10.2 Å². The maximum Gasteiger partial charge on any atom is 0.335 e. The first-order chi connectivity index (χ1) is 11.6. The molecule has 2 amide bonds. The molecule has 1 aliphatic heterocycles. The highest BCUT2D eigenvalue weighted by Gasteiger charge is 2.26. The molecule has 0 bridgehead atoms. The Morgan fingerprint density at radius 3 is 2.71 bits per heavy atom. The number of aromatic carboxylic acids is 1. The molecule has 0 aromatic heterocycles. The molecule has 1 aromatic carbocycles. The maximum absolute atomic E-state index is 12.2. The Kier molecular flexibility index (Phi) is 7.02. The predicted octanol–water partition coefficient (Wildman–Crippen LogP) is 1.58. The van der Waals surface area contributed by atoms with Crippen molar-refractivity contribution in [2.45, 2.75) is 13.0 Å². The van der Waals surface area contributed by atoms with Crippen molar-refractivity contribution in [3.63, 3.8) is 0 Å². The van der Waals surface area contributed by atoms with Gasteiger partial charge >= 0.3 is 12.0 Å². The number of benzene rings is 1. The number of carbonyl (C=O) groups excluding carboxylic acids is 1. The van der Waals surface area contributed by atoms with E-state index in [4.69, 9.17) is 14.6 Å². The van der Waals surface area contributed by atoms with Gasteiger partial charge in [0.05, 0.1) is 25.4 Å². The maximum atomic E-state index is 12.2. The fourth-order valence-electron chi connectivity index (χ4n) is 2.60. The van der Waals surface area contributed by atoms with Crippen LogP contribution < -0.4 is 5.32 Å². The topological polar surface area (TPSA) is 88.1 Å². The van der Waals surface area contributed by atoms with Gasteiger partial charge in [-0.05, 0) is 24.1 Å². The van der Waals surface area contributed by atoms with Gasteiger partial charge in [-0.25, -0.2) is 9.59 Å². The number of urea groups is 1. The molecule has 7 heteroatoms. The average molecular weight is 336 g/mol. The molecule has 7 nitrogen and oxygen atoms in total. The molecule has 1 atom stereocenters. The van der Waals surface area contributed by atoms with Gasteiger partial charge in [-0.2, -0.15) is 0 Å². The van der Waals surface area contributed by atoms with Gasteiger partial charge < -0.3 is 24.8 Å². The van der Waals surface area contributed by atoms with E-state index >= 15 is 0 Å². The van der Waals surface area contributed by atoms with Crippen molar-refractivity contribution in [1.29, 1.82) is 0 Å². The molecule has 1 heterocycles. The Bertz CT molecular complexity index is 546. The van der Waals surface area contributed by atoms with Crippen LogP contribution in [0.25, 0.3) is 0 Å². The van der Waals surface area contributed by atoms with E-state index in [0.29, 0.717) is 38.8 Å². The molecule has 1 aliphatic rings. The van der Waals surface area contributed by atoms with Crippen molar-refractivity contribution in [3.8, 4) is 0 Å². The van der Waals surface area contributed by atoms with Crippen molar-refractivity contribution in [3.05, 3.63) is 35.4 Å². The van der Waals surface area contributed by atoms with Gasteiger partial charge in [0.25, 0.3) is 0 Å². The molecule has 0 aliphatic carbocycles. The van der Waals surface area contributed by atoms with Crippen LogP contribution in [-0.4, -0.2) is 62.0 Å². The summed E-state index contributed by atoms with van der Waals surface area (Å²) >= 11 is 0. The summed E-state index contributed by atoms with van der Waals surface area (Å²) in [6.07, 6.45) is 0.938. The van der Waals surface area contributed by atoms with E-state index in [1.165, 1.54) is 12.1 Å². The largest absolute Gasteiger partial charge is 0.478 e. The van der Waals surface area contributed by atoms with Crippen LogP contribution in [0.3, 0.4) is 0 Å². The van der Waals surface area contributed by atoms with Crippen LogP contribution >= 0.6 is 0 Å². The van der Waals surface area contributed by atoms with Crippen LogP contribution in [0.1, 0.15) is 22.3 Å². The molecule has 0 saturated carbocycles. The SMILES string of the molecule is COCCOCC1CCN(C(=O)NCc2ccc(C(=O)O)cc2)C1. The first-order valence-corrected chi connectivity index (χ1v) is 8.02. The fraction of sp³-hybridized carbons (Fsp3) is 0.529. The number of hydrogen-bond donors (Lipinski definition) is 2. The second-order valence-electron chi connectivity index (χ2n) is 5.83. The zero-order chi connectivity index (χ0) is 17.4. The molecule has 1 unspecified atom stereocenters. The highest BCUT2D eigenvalue weighted by Crippen LogP contribution is 2.16. The van der Waals surface area contributed by atoms with Gasteiger partial charge in [0, 0.05) is 32.7 Å². The Morgan fingerprint density at radius 2 is 2.04 bits per heavy atom. The summed E-state index contributed by atoms with van der Waals surface area (Å²) in [5, 5.41) is 11.7. The number of methoxy groups -OCH3 is 1. The summed E-state index contributed by atoms with van der Waals surface area (Å²) in [4.78, 5) is 24.8. The van der Waals surface area contributed by atoms with E-state index in [-0.39, 0.29) is 11.6 Å². The van der Waals surface area contributed by atoms with E-state index in [1.807, 2.05) is 0 Å². The molecule has 1 saturated heterocycles. The number of carbonyl (C=O) groups is 2. The monoisotopic (exact) mass is 336 g/mol. The third kappa shape index (κ3) is 5.50. The number of amides is 2. The Hall–Kier alpha value is -2.12. The van der Waals surface area contributed by atoms with Crippen LogP contribution in [0.5, 0.6) is 0 Å². The smallest absolute Gasteiger partial charge is 0.335 e. The second-order valence-corrected chi connectivity index (χ2v) is 5.83. The lowest BCUT2D eigenvalue weighted by Crippen LogP contribution is -2.38. The van der Waals surface area contributed by atoms with Gasteiger partial charge in [-0.1, -0.05) is 12.1 Å². The number of hydrogen-bond acceptors (Lipinski definition) is 4. The molecule has 2 rings (SSSR count). The lowest BCUT2D eigenvalue weighted by molar-refractivity contribution is 0.0532. The molecule has 1 aromatic rings. The summed E-state index contributed by atoms with van der Waals surface area (Å²) in [6.45, 7) is 3.59. The number of nitrogens with one attached hydrogen (secondary N) is 1. The van der Waals surface area contributed by atoms with E-state index in [9.17, 15) is 9.59 Å². The number of carboxylic acid groups (broad SMARTS) is 1. The summed E-state index contributed by atoms with van der Waals surface area (Å²) < 4.78 is 10.4.